The lowest BCUT2D eigenvalue weighted by atomic mass is 9.61. The number of aryl methyl sites for hydroxylation is 1. The maximum absolute atomic E-state index is 15.3. The number of hydrogen-bond acceptors (Lipinski definition) is 26. The van der Waals surface area contributed by atoms with Crippen molar-refractivity contribution in [1.82, 2.24) is 41.1 Å². The third-order valence-corrected chi connectivity index (χ3v) is 26.0. The lowest BCUT2D eigenvalue weighted by molar-refractivity contribution is -0.209. The van der Waals surface area contributed by atoms with Crippen molar-refractivity contribution < 1.29 is 121 Å². The number of ether oxygens (including phenoxy) is 1. The molecule has 0 spiro atoms. The van der Waals surface area contributed by atoms with Crippen LogP contribution in [0.4, 0.5) is 56.8 Å². The number of ketones is 4. The molecule has 146 heavy (non-hydrogen) atoms. The molecule has 5 aliphatic rings. The topological polar surface area (TPSA) is 677 Å². The molecule has 44 heteroatoms. The predicted octanol–water partition coefficient (Wildman–Crippen LogP) is 8.50. The van der Waals surface area contributed by atoms with E-state index in [-0.39, 0.29) is 155 Å². The fourth-order valence-corrected chi connectivity index (χ4v) is 16.8. The number of halogens is 1. The van der Waals surface area contributed by atoms with Crippen LogP contribution in [0.3, 0.4) is 0 Å². The Labute approximate surface area is 844 Å². The summed E-state index contributed by atoms with van der Waals surface area (Å²) in [5, 5.41) is 60.7. The molecule has 5 aromatic carbocycles. The number of fused-ring (bicyclic) bond motifs is 1. The molecule has 0 radical (unpaired) electrons. The largest absolute Gasteiger partial charge is 0.477 e. The van der Waals surface area contributed by atoms with Gasteiger partial charge in [-0.25, -0.2) is 38.0 Å². The molecule has 3 aliphatic carbocycles. The van der Waals surface area contributed by atoms with Gasteiger partial charge >= 0.3 is 42.2 Å². The van der Waals surface area contributed by atoms with E-state index in [9.17, 15) is 96.2 Å². The van der Waals surface area contributed by atoms with E-state index in [4.69, 9.17) is 53.6 Å². The van der Waals surface area contributed by atoms with Gasteiger partial charge in [-0.1, -0.05) is 88.6 Å². The minimum Gasteiger partial charge on any atom is -0.477 e. The summed E-state index contributed by atoms with van der Waals surface area (Å²) in [5.41, 5.74) is 27.4. The molecular weight excluding hydrogens is 1900 g/mol. The maximum Gasteiger partial charge on any atom is 0.410 e. The number of urea groups is 4. The Kier molecular flexibility index (Phi) is 47.8. The zero-order chi connectivity index (χ0) is 107. The number of Topliss-reactive ketones (excluding diaryl/α,β-unsaturated/α-hetero) is 4. The van der Waals surface area contributed by atoms with Gasteiger partial charge in [0, 0.05) is 156 Å². The first-order valence-electron chi connectivity index (χ1n) is 49.2. The highest BCUT2D eigenvalue weighted by Gasteiger charge is 2.54. The minimum atomic E-state index is -1.38. The third-order valence-electron chi connectivity index (χ3n) is 26.0. The summed E-state index contributed by atoms with van der Waals surface area (Å²) in [5.74, 6) is -7.35. The van der Waals surface area contributed by atoms with Crippen molar-refractivity contribution in [3.05, 3.63) is 159 Å². The second-order valence-corrected chi connectivity index (χ2v) is 36.4. The van der Waals surface area contributed by atoms with Gasteiger partial charge in [-0.2, -0.15) is 0 Å². The SMILES string of the molecule is CCCC(=O)C1(C(=O)C[C@@H](CCCNC(N)=O)C(=O)Nc2ccc(CO)cc2)CCC1.CCCC(=O)C1(C(=O)ON2C(=O)CCC2=O)CCC1.CCNC(=O)C1(C(=O)C[C@@H](CCCNC(N)=O)C(=O)Nc2ccc(COC(=O)N3CCN(c4cc5c(cc4F)c(=O)c(C(=O)O)cn5CC)CC3)cc2)CCC1.C[C@@H](CCCNC(N)=O)C(=O)Nc1ccc(CO)cc1.NC(=O)NCCC[C@H](N)C(=O)Nc1ccc(CO)cc1. The molecule has 794 valence electrons. The van der Waals surface area contributed by atoms with E-state index in [1.54, 1.807) is 120 Å². The van der Waals surface area contributed by atoms with Crippen LogP contribution in [0.2, 0.25) is 0 Å². The number of carboxylic acids is 1. The molecule has 5 fully saturated rings. The van der Waals surface area contributed by atoms with E-state index < -0.39 is 111 Å². The zero-order valence-electron chi connectivity index (χ0n) is 83.3. The molecule has 0 unspecified atom stereocenters. The van der Waals surface area contributed by atoms with Crippen molar-refractivity contribution in [2.45, 2.75) is 234 Å². The summed E-state index contributed by atoms with van der Waals surface area (Å²) in [6.45, 7) is 12.2. The average molecular weight is 2040 g/mol. The highest BCUT2D eigenvalue weighted by atomic mass is 19.1. The number of nitrogens with one attached hydrogen (secondary N) is 9. The number of nitrogens with zero attached hydrogens (tertiary/aromatic N) is 4. The number of aliphatic hydroxyl groups is 3. The predicted molar refractivity (Wildman–Crippen MR) is 538 cm³/mol. The number of amides is 16. The first kappa shape index (κ1) is 118. The maximum atomic E-state index is 15.3. The van der Waals surface area contributed by atoms with Gasteiger partial charge in [-0.15, -0.1) is 5.06 Å². The van der Waals surface area contributed by atoms with Gasteiger partial charge in [-0.05, 0) is 199 Å². The van der Waals surface area contributed by atoms with Crippen molar-refractivity contribution in [3.8, 4) is 0 Å². The summed E-state index contributed by atoms with van der Waals surface area (Å²) in [7, 11) is 0. The van der Waals surface area contributed by atoms with Gasteiger partial charge in [0.05, 0.1) is 42.5 Å². The second kappa shape index (κ2) is 58.9. The third kappa shape index (κ3) is 35.1. The number of imide groups is 1. The summed E-state index contributed by atoms with van der Waals surface area (Å²) in [6, 6.07) is 26.8. The van der Waals surface area contributed by atoms with E-state index in [1.165, 1.54) is 17.2 Å². The summed E-state index contributed by atoms with van der Waals surface area (Å²) < 4.78 is 22.4. The van der Waals surface area contributed by atoms with Crippen molar-refractivity contribution in [3.63, 3.8) is 0 Å². The highest BCUT2D eigenvalue weighted by Crippen LogP contribution is 2.47. The molecule has 16 amide bonds. The fraction of sp³-hybridized carbons (Fsp3) is 0.500. The smallest absolute Gasteiger partial charge is 0.410 e. The van der Waals surface area contributed by atoms with E-state index >= 15 is 4.39 Å². The molecule has 3 heterocycles. The normalized spacial score (nSPS) is 15.1. The number of anilines is 5. The van der Waals surface area contributed by atoms with E-state index in [2.05, 4.69) is 47.9 Å². The fourth-order valence-electron chi connectivity index (χ4n) is 16.8. The van der Waals surface area contributed by atoms with Gasteiger partial charge in [0.2, 0.25) is 35.0 Å². The van der Waals surface area contributed by atoms with Crippen molar-refractivity contribution in [1.29, 1.82) is 0 Å². The Morgan fingerprint density at radius 2 is 0.863 bits per heavy atom. The van der Waals surface area contributed by atoms with Crippen molar-refractivity contribution in [2.24, 2.45) is 62.7 Å². The van der Waals surface area contributed by atoms with Gasteiger partial charge in [-0.3, -0.25) is 57.5 Å². The monoisotopic (exact) mass is 2040 g/mol. The Morgan fingerprint density at radius 3 is 1.25 bits per heavy atom. The van der Waals surface area contributed by atoms with Crippen LogP contribution < -0.4 is 86.8 Å². The standard InChI is InChI=1S/C39H48FN7O9.C23H33N3O5.C14H21N3O3.C13H20N4O3.C13H17NO5/c1-3-42-36(53)39(12-6-13-39)32(48)19-25(7-5-14-43-37(41)54)34(50)44-26-10-8-24(9-11-26)23-56-38(55)47-17-15-46(16-18-47)31-21-30-27(20-29(31)40)33(49)28(35(51)52)22-45(30)4-2;1-2-5-19(28)23(11-4-12-23)20(29)14-17(6-3-13-25-22(24)31)21(30)26-18-9-7-16(15-27)8-10-18;1-10(3-2-8-16-14(15)20)13(19)17-12-6-4-11(9-18)5-7-12;14-11(2-1-7-16-13(15)20)12(19)17-10-5-3-9(8-18)4-6-10;1-2-4-9(15)13(7-3-8-13)12(18)19-14-10(16)5-6-11(14)17/h8-11,20-22,25H,3-7,12-19,23H2,1-2H3,(H,42,53)(H,44,50)(H,51,52)(H3,41,43,54);7-10,17,27H,2-6,11-15H2,1H3,(H,26,30)(H3,24,25,31);4-7,10,18H,2-3,8-9H2,1H3,(H,17,19)(H3,15,16,20);3-6,11,18H,1-2,7-8,14H2,(H,17,19)(H3,15,16,20);2-8H2,1H3/t25-;17-;10-;11-;/m1100./s1. The van der Waals surface area contributed by atoms with Gasteiger partial charge in [0.1, 0.15) is 52.0 Å². The number of aromatic carboxylic acids is 1. The molecule has 1 aromatic heterocycles. The van der Waals surface area contributed by atoms with Crippen LogP contribution in [0.25, 0.3) is 10.9 Å². The molecule has 2 saturated heterocycles. The lowest BCUT2D eigenvalue weighted by Crippen LogP contribution is -2.51. The average Bonchev–Trinajstić information content (AvgIpc) is 0.866. The molecule has 2 aliphatic heterocycles. The number of carbonyl (C=O) groups excluding carboxylic acids is 17. The Hall–Kier alpha value is -14.7. The number of primary amides is 4. The number of rotatable bonds is 48. The molecular formula is C102H139FN18O25. The Bertz CT molecular complexity index is 5490. The summed E-state index contributed by atoms with van der Waals surface area (Å²) in [4.78, 5) is 237. The number of carbonyl (C=O) groups is 18. The molecule has 11 rings (SSSR count). The molecule has 6 aromatic rings. The number of nitrogens with two attached hydrogens (primary N) is 5. The zero-order valence-corrected chi connectivity index (χ0v) is 83.3. The van der Waals surface area contributed by atoms with Crippen LogP contribution in [-0.2, 0) is 100 Å². The van der Waals surface area contributed by atoms with E-state index in [1.807, 2.05) is 20.8 Å². The Morgan fingerprint density at radius 1 is 0.473 bits per heavy atom. The summed E-state index contributed by atoms with van der Waals surface area (Å²) in [6.07, 6.45) is 11.9. The number of benzene rings is 5. The number of hydrogen-bond donors (Lipinski definition) is 18. The number of aliphatic hydroxyl groups excluding tert-OH is 3. The molecule has 43 nitrogen and oxygen atoms in total. The molecule has 3 saturated carbocycles. The first-order chi connectivity index (χ1) is 69.6. The lowest BCUT2D eigenvalue weighted by Gasteiger charge is -2.39. The molecule has 4 atom stereocenters. The van der Waals surface area contributed by atoms with Crippen LogP contribution in [0.15, 0.2) is 120 Å². The van der Waals surface area contributed by atoms with Gasteiger partial charge in [0.15, 0.2) is 0 Å². The van der Waals surface area contributed by atoms with Crippen LogP contribution in [0, 0.1) is 39.8 Å². The van der Waals surface area contributed by atoms with Crippen LogP contribution >= 0.6 is 0 Å². The number of aromatic nitrogens is 1. The van der Waals surface area contributed by atoms with E-state index in [0.29, 0.717) is 181 Å². The first-order valence-corrected chi connectivity index (χ1v) is 49.2. The number of piperazine rings is 1. The van der Waals surface area contributed by atoms with Crippen LogP contribution in [-0.4, -0.2) is 207 Å². The molecule has 0 bridgehead atoms. The highest BCUT2D eigenvalue weighted by molar-refractivity contribution is 6.11. The summed E-state index contributed by atoms with van der Waals surface area (Å²) >= 11 is 0. The van der Waals surface area contributed by atoms with Gasteiger partial charge in [0.25, 0.3) is 11.8 Å². The Balaban J connectivity index is 0.000000270. The quantitative estimate of drug-likeness (QED) is 0.00966. The number of pyridine rings is 1. The number of hydroxylamine groups is 2. The van der Waals surface area contributed by atoms with Crippen LogP contribution in [0.5, 0.6) is 0 Å². The van der Waals surface area contributed by atoms with Crippen molar-refractivity contribution in [2.75, 3.05) is 85.1 Å². The van der Waals surface area contributed by atoms with E-state index in [0.717, 1.165) is 42.0 Å². The van der Waals surface area contributed by atoms with Crippen molar-refractivity contribution >= 4 is 146 Å². The molecule has 23 N–H and O–H groups in total. The van der Waals surface area contributed by atoms with Gasteiger partial charge < -0.3 is 121 Å². The number of carboxylic acid groups (broad SMARTS) is 1. The second-order valence-electron chi connectivity index (χ2n) is 36.4. The van der Waals surface area contributed by atoms with Crippen LogP contribution in [0.1, 0.15) is 228 Å². The minimum absolute atomic E-state index is 0.00736.